The van der Waals surface area contributed by atoms with Crippen LogP contribution in [0.15, 0.2) is 66.9 Å². The molecule has 4 rings (SSSR count). The Morgan fingerprint density at radius 2 is 1.62 bits per heavy atom. The average Bonchev–Trinajstić information content (AvgIpc) is 3.03. The van der Waals surface area contributed by atoms with Gasteiger partial charge in [-0.05, 0) is 35.4 Å². The third kappa shape index (κ3) is 2.85. The molecule has 0 unspecified atom stereocenters. The van der Waals surface area contributed by atoms with E-state index in [1.807, 2.05) is 36.5 Å². The fourth-order valence-electron chi connectivity index (χ4n) is 3.53. The highest BCUT2D eigenvalue weighted by atomic mass is 19.1. The van der Waals surface area contributed by atoms with E-state index in [9.17, 15) is 8.78 Å². The zero-order chi connectivity index (χ0) is 16.5. The molecule has 4 heteroatoms. The minimum atomic E-state index is -0.534. The van der Waals surface area contributed by atoms with Crippen molar-refractivity contribution in [2.45, 2.75) is 19.1 Å². The van der Waals surface area contributed by atoms with E-state index >= 15 is 0 Å². The summed E-state index contributed by atoms with van der Waals surface area (Å²) >= 11 is 0. The van der Waals surface area contributed by atoms with Crippen LogP contribution in [0.25, 0.3) is 0 Å². The van der Waals surface area contributed by atoms with Gasteiger partial charge in [0, 0.05) is 37.6 Å². The topological polar surface area (TPSA) is 8.17 Å². The molecular weight excluding hydrogens is 306 g/mol. The van der Waals surface area contributed by atoms with Crippen LogP contribution in [0.1, 0.15) is 22.9 Å². The Hall–Kier alpha value is -2.46. The van der Waals surface area contributed by atoms with Crippen LogP contribution < -0.4 is 0 Å². The Bertz CT molecular complexity index is 822. The molecule has 0 saturated heterocycles. The Morgan fingerprint density at radius 3 is 2.38 bits per heavy atom. The zero-order valence-electron chi connectivity index (χ0n) is 13.2. The molecule has 1 aliphatic heterocycles. The fourth-order valence-corrected chi connectivity index (χ4v) is 3.53. The number of benzene rings is 2. The molecular formula is C20H18F2N2. The first kappa shape index (κ1) is 15.1. The van der Waals surface area contributed by atoms with Crippen molar-refractivity contribution in [3.05, 3.63) is 95.3 Å². The quantitative estimate of drug-likeness (QED) is 0.694. The van der Waals surface area contributed by atoms with Crippen LogP contribution in [-0.2, 0) is 13.1 Å². The van der Waals surface area contributed by atoms with Gasteiger partial charge in [-0.3, -0.25) is 4.90 Å². The molecule has 3 aromatic rings. The molecule has 2 aromatic carbocycles. The third-order valence-electron chi connectivity index (χ3n) is 4.57. The van der Waals surface area contributed by atoms with Gasteiger partial charge in [-0.1, -0.05) is 30.3 Å². The molecule has 1 aromatic heterocycles. The first-order valence-corrected chi connectivity index (χ1v) is 8.10. The SMILES string of the molecule is Fc1cc(F)cc([C@@H]2c3cccn3CCN2Cc2ccccc2)c1. The minimum Gasteiger partial charge on any atom is -0.348 e. The summed E-state index contributed by atoms with van der Waals surface area (Å²) in [6.45, 7) is 2.46. The van der Waals surface area contributed by atoms with E-state index in [-0.39, 0.29) is 6.04 Å². The number of aromatic nitrogens is 1. The molecule has 1 aliphatic rings. The summed E-state index contributed by atoms with van der Waals surface area (Å²) in [4.78, 5) is 2.28. The summed E-state index contributed by atoms with van der Waals surface area (Å²) in [5.74, 6) is -1.07. The summed E-state index contributed by atoms with van der Waals surface area (Å²) in [7, 11) is 0. The Kier molecular flexibility index (Phi) is 3.90. The second-order valence-corrected chi connectivity index (χ2v) is 6.19. The van der Waals surface area contributed by atoms with E-state index in [0.29, 0.717) is 5.56 Å². The molecule has 0 fully saturated rings. The molecule has 0 saturated carbocycles. The highest BCUT2D eigenvalue weighted by Gasteiger charge is 2.29. The number of hydrogen-bond donors (Lipinski definition) is 0. The molecule has 24 heavy (non-hydrogen) atoms. The van der Waals surface area contributed by atoms with Crippen LogP contribution >= 0.6 is 0 Å². The molecule has 0 amide bonds. The van der Waals surface area contributed by atoms with Crippen molar-refractivity contribution in [2.75, 3.05) is 6.54 Å². The predicted molar refractivity (Wildman–Crippen MR) is 89.5 cm³/mol. The van der Waals surface area contributed by atoms with Crippen molar-refractivity contribution in [1.29, 1.82) is 0 Å². The molecule has 0 radical (unpaired) electrons. The summed E-state index contributed by atoms with van der Waals surface area (Å²) in [5.41, 5.74) is 2.92. The molecule has 2 heterocycles. The lowest BCUT2D eigenvalue weighted by Crippen LogP contribution is -2.38. The Morgan fingerprint density at radius 1 is 0.875 bits per heavy atom. The maximum Gasteiger partial charge on any atom is 0.126 e. The van der Waals surface area contributed by atoms with Crippen molar-refractivity contribution in [3.63, 3.8) is 0 Å². The van der Waals surface area contributed by atoms with Crippen LogP contribution in [0.3, 0.4) is 0 Å². The van der Waals surface area contributed by atoms with Gasteiger partial charge in [0.05, 0.1) is 6.04 Å². The summed E-state index contributed by atoms with van der Waals surface area (Å²) < 4.78 is 29.7. The van der Waals surface area contributed by atoms with Gasteiger partial charge >= 0.3 is 0 Å². The van der Waals surface area contributed by atoms with Crippen molar-refractivity contribution < 1.29 is 8.78 Å². The first-order valence-electron chi connectivity index (χ1n) is 8.10. The average molecular weight is 324 g/mol. The van der Waals surface area contributed by atoms with E-state index in [1.165, 1.54) is 17.7 Å². The van der Waals surface area contributed by atoms with E-state index in [0.717, 1.165) is 31.4 Å². The van der Waals surface area contributed by atoms with E-state index in [2.05, 4.69) is 21.6 Å². The Balaban J connectivity index is 1.75. The molecule has 0 spiro atoms. The van der Waals surface area contributed by atoms with Gasteiger partial charge in [-0.25, -0.2) is 8.78 Å². The number of hydrogen-bond acceptors (Lipinski definition) is 1. The number of rotatable bonds is 3. The van der Waals surface area contributed by atoms with Gasteiger partial charge in [0.15, 0.2) is 0 Å². The lowest BCUT2D eigenvalue weighted by molar-refractivity contribution is 0.174. The molecule has 122 valence electrons. The monoisotopic (exact) mass is 324 g/mol. The highest BCUT2D eigenvalue weighted by Crippen LogP contribution is 2.34. The first-order chi connectivity index (χ1) is 11.7. The van der Waals surface area contributed by atoms with Crippen molar-refractivity contribution in [3.8, 4) is 0 Å². The van der Waals surface area contributed by atoms with Crippen LogP contribution in [0, 0.1) is 11.6 Å². The second-order valence-electron chi connectivity index (χ2n) is 6.19. The lowest BCUT2D eigenvalue weighted by atomic mass is 9.99. The van der Waals surface area contributed by atoms with Crippen molar-refractivity contribution in [1.82, 2.24) is 9.47 Å². The number of fused-ring (bicyclic) bond motifs is 1. The van der Waals surface area contributed by atoms with E-state index < -0.39 is 11.6 Å². The molecule has 0 aliphatic carbocycles. The largest absolute Gasteiger partial charge is 0.348 e. The van der Waals surface area contributed by atoms with Crippen LogP contribution in [0.5, 0.6) is 0 Å². The van der Waals surface area contributed by atoms with Gasteiger partial charge < -0.3 is 4.57 Å². The zero-order valence-corrected chi connectivity index (χ0v) is 13.2. The minimum absolute atomic E-state index is 0.154. The van der Waals surface area contributed by atoms with Crippen LogP contribution in [0.4, 0.5) is 8.78 Å². The molecule has 0 bridgehead atoms. The second kappa shape index (κ2) is 6.21. The van der Waals surface area contributed by atoms with Gasteiger partial charge in [-0.2, -0.15) is 0 Å². The number of nitrogens with zero attached hydrogens (tertiary/aromatic N) is 2. The molecule has 0 N–H and O–H groups in total. The Labute approximate surface area is 140 Å². The highest BCUT2D eigenvalue weighted by molar-refractivity contribution is 5.31. The van der Waals surface area contributed by atoms with Gasteiger partial charge in [0.25, 0.3) is 0 Å². The third-order valence-corrected chi connectivity index (χ3v) is 4.57. The predicted octanol–water partition coefficient (Wildman–Crippen LogP) is 4.37. The normalized spacial score (nSPS) is 17.7. The maximum atomic E-state index is 13.8. The van der Waals surface area contributed by atoms with E-state index in [4.69, 9.17) is 0 Å². The van der Waals surface area contributed by atoms with E-state index in [1.54, 1.807) is 0 Å². The molecule has 2 nitrogen and oxygen atoms in total. The maximum absolute atomic E-state index is 13.8. The van der Waals surface area contributed by atoms with Gasteiger partial charge in [-0.15, -0.1) is 0 Å². The summed E-state index contributed by atoms with van der Waals surface area (Å²) in [6.07, 6.45) is 2.03. The smallest absolute Gasteiger partial charge is 0.126 e. The fraction of sp³-hybridized carbons (Fsp3) is 0.200. The van der Waals surface area contributed by atoms with Crippen molar-refractivity contribution in [2.24, 2.45) is 0 Å². The lowest BCUT2D eigenvalue weighted by Gasteiger charge is -2.37. The molecule has 1 atom stereocenters. The summed E-state index contributed by atoms with van der Waals surface area (Å²) in [6, 6.07) is 17.8. The van der Waals surface area contributed by atoms with Gasteiger partial charge in [0.1, 0.15) is 11.6 Å². The van der Waals surface area contributed by atoms with Crippen molar-refractivity contribution >= 4 is 0 Å². The standard InChI is InChI=1S/C20H18F2N2/c21-17-11-16(12-18(22)13-17)20-19-7-4-8-23(19)9-10-24(20)14-15-5-2-1-3-6-15/h1-8,11-13,20H,9-10,14H2/t20-/m1/s1. The number of halogens is 2. The van der Waals surface area contributed by atoms with Gasteiger partial charge in [0.2, 0.25) is 0 Å². The summed E-state index contributed by atoms with van der Waals surface area (Å²) in [5, 5.41) is 0. The van der Waals surface area contributed by atoms with Crippen LogP contribution in [0.2, 0.25) is 0 Å². The van der Waals surface area contributed by atoms with Crippen LogP contribution in [-0.4, -0.2) is 16.0 Å².